The van der Waals surface area contributed by atoms with Crippen LogP contribution < -0.4 is 4.74 Å². The number of benzene rings is 1. The van der Waals surface area contributed by atoms with E-state index in [1.165, 1.54) is 11.8 Å². The summed E-state index contributed by atoms with van der Waals surface area (Å²) in [5.41, 5.74) is 0. The van der Waals surface area contributed by atoms with Gasteiger partial charge in [-0.2, -0.15) is 0 Å². The highest BCUT2D eigenvalue weighted by atomic mass is 32.2. The van der Waals surface area contributed by atoms with Gasteiger partial charge in [-0.3, -0.25) is 0 Å². The summed E-state index contributed by atoms with van der Waals surface area (Å²) >= 11 is 3.00. The van der Waals surface area contributed by atoms with Gasteiger partial charge >= 0.3 is 0 Å². The Hall–Kier alpha value is -0.350. The first-order valence-electron chi connectivity index (χ1n) is 5.12. The molecule has 1 aromatic rings. The van der Waals surface area contributed by atoms with Crippen molar-refractivity contribution in [2.75, 3.05) is 19.1 Å². The largest absolute Gasteiger partial charge is 0.490 e. The number of hydrogen-bond acceptors (Lipinski definition) is 3. The molecule has 0 atom stereocenters. The summed E-state index contributed by atoms with van der Waals surface area (Å²) in [7, 11) is 0. The molecule has 1 aromatic carbocycles. The summed E-state index contributed by atoms with van der Waals surface area (Å²) in [6.45, 7) is 4.64. The molecule has 0 spiro atoms. The molecule has 0 saturated heterocycles. The van der Waals surface area contributed by atoms with Crippen LogP contribution in [0.25, 0.3) is 0 Å². The van der Waals surface area contributed by atoms with Gasteiger partial charge in [-0.15, -0.1) is 23.5 Å². The number of thioether (sulfide) groups is 2. The molecule has 1 rings (SSSR count). The van der Waals surface area contributed by atoms with E-state index in [0.717, 1.165) is 4.90 Å². The number of ether oxygens (including phenoxy) is 1. The van der Waals surface area contributed by atoms with Crippen molar-refractivity contribution >= 4 is 23.5 Å². The van der Waals surface area contributed by atoms with Crippen LogP contribution in [-0.2, 0) is 0 Å². The standard InChI is InChI=1S/C12H17FOS2/c1-8(2)7-14-10-5-9(15-3)6-11(16-4)12(10)13/h5-6,8H,7H2,1-4H3. The summed E-state index contributed by atoms with van der Waals surface area (Å²) in [6, 6.07) is 3.62. The fourth-order valence-electron chi connectivity index (χ4n) is 1.18. The second-order valence-corrected chi connectivity index (χ2v) is 5.57. The Bertz CT molecular complexity index is 353. The molecule has 4 heteroatoms. The fraction of sp³-hybridized carbons (Fsp3) is 0.500. The topological polar surface area (TPSA) is 9.23 Å². The molecule has 0 aliphatic heterocycles. The summed E-state index contributed by atoms with van der Waals surface area (Å²) in [5, 5.41) is 0. The predicted molar refractivity (Wildman–Crippen MR) is 70.3 cm³/mol. The highest BCUT2D eigenvalue weighted by Crippen LogP contribution is 2.32. The Kier molecular flexibility index (Phi) is 5.49. The lowest BCUT2D eigenvalue weighted by molar-refractivity contribution is 0.257. The van der Waals surface area contributed by atoms with Gasteiger partial charge in [-0.05, 0) is 30.6 Å². The third kappa shape index (κ3) is 3.59. The van der Waals surface area contributed by atoms with E-state index in [2.05, 4.69) is 0 Å². The van der Waals surface area contributed by atoms with Crippen LogP contribution in [0.5, 0.6) is 5.75 Å². The zero-order chi connectivity index (χ0) is 12.1. The fourth-order valence-corrected chi connectivity index (χ4v) is 2.24. The van der Waals surface area contributed by atoms with Crippen molar-refractivity contribution in [2.45, 2.75) is 23.6 Å². The third-order valence-electron chi connectivity index (χ3n) is 2.01. The maximum atomic E-state index is 13.9. The molecule has 0 unspecified atom stereocenters. The van der Waals surface area contributed by atoms with E-state index in [0.29, 0.717) is 23.2 Å². The summed E-state index contributed by atoms with van der Waals surface area (Å²) < 4.78 is 19.4. The van der Waals surface area contributed by atoms with Gasteiger partial charge < -0.3 is 4.74 Å². The van der Waals surface area contributed by atoms with E-state index >= 15 is 0 Å². The lowest BCUT2D eigenvalue weighted by Gasteiger charge is -2.12. The van der Waals surface area contributed by atoms with E-state index in [1.54, 1.807) is 17.8 Å². The molecule has 0 amide bonds. The van der Waals surface area contributed by atoms with E-state index in [4.69, 9.17) is 4.74 Å². The minimum absolute atomic E-state index is 0.244. The van der Waals surface area contributed by atoms with Crippen LogP contribution in [0.2, 0.25) is 0 Å². The highest BCUT2D eigenvalue weighted by molar-refractivity contribution is 7.99. The van der Waals surface area contributed by atoms with Crippen molar-refractivity contribution in [1.82, 2.24) is 0 Å². The number of rotatable bonds is 5. The molecule has 1 nitrogen and oxygen atoms in total. The van der Waals surface area contributed by atoms with E-state index in [1.807, 2.05) is 32.4 Å². The van der Waals surface area contributed by atoms with Crippen molar-refractivity contribution in [3.05, 3.63) is 17.9 Å². The van der Waals surface area contributed by atoms with Gasteiger partial charge in [0.25, 0.3) is 0 Å². The van der Waals surface area contributed by atoms with E-state index in [-0.39, 0.29) is 5.82 Å². The summed E-state index contributed by atoms with van der Waals surface area (Å²) in [5.74, 6) is 0.519. The minimum atomic E-state index is -0.244. The number of halogens is 1. The van der Waals surface area contributed by atoms with Crippen LogP contribution in [0.4, 0.5) is 4.39 Å². The zero-order valence-electron chi connectivity index (χ0n) is 10.0. The van der Waals surface area contributed by atoms with Crippen LogP contribution in [0.15, 0.2) is 21.9 Å². The van der Waals surface area contributed by atoms with Gasteiger partial charge in [0.2, 0.25) is 0 Å². The molecule has 0 aliphatic rings. The molecule has 0 saturated carbocycles. The van der Waals surface area contributed by atoms with Crippen molar-refractivity contribution < 1.29 is 9.13 Å². The normalized spacial score (nSPS) is 10.9. The maximum absolute atomic E-state index is 13.9. The average Bonchev–Trinajstić information content (AvgIpc) is 2.27. The SMILES string of the molecule is CSc1cc(OCC(C)C)c(F)c(SC)c1. The van der Waals surface area contributed by atoms with E-state index < -0.39 is 0 Å². The van der Waals surface area contributed by atoms with Gasteiger partial charge in [0.1, 0.15) is 0 Å². The van der Waals surface area contributed by atoms with Crippen LogP contribution >= 0.6 is 23.5 Å². The molecule has 0 radical (unpaired) electrons. The summed E-state index contributed by atoms with van der Waals surface area (Å²) in [4.78, 5) is 1.68. The third-order valence-corrected chi connectivity index (χ3v) is 3.45. The van der Waals surface area contributed by atoms with Crippen LogP contribution in [0, 0.1) is 11.7 Å². The van der Waals surface area contributed by atoms with Gasteiger partial charge in [-0.25, -0.2) is 4.39 Å². The molecule has 90 valence electrons. The number of hydrogen-bond donors (Lipinski definition) is 0. The van der Waals surface area contributed by atoms with Crippen molar-refractivity contribution in [3.8, 4) is 5.75 Å². The smallest absolute Gasteiger partial charge is 0.178 e. The molecule has 0 fully saturated rings. The first kappa shape index (κ1) is 13.7. The Morgan fingerprint density at radius 1 is 1.25 bits per heavy atom. The van der Waals surface area contributed by atoms with Gasteiger partial charge in [0.05, 0.1) is 6.61 Å². The molecule has 0 N–H and O–H groups in total. The maximum Gasteiger partial charge on any atom is 0.178 e. The van der Waals surface area contributed by atoms with Crippen LogP contribution in [0.3, 0.4) is 0 Å². The second-order valence-electron chi connectivity index (χ2n) is 3.85. The molecule has 0 aliphatic carbocycles. The Morgan fingerprint density at radius 3 is 2.44 bits per heavy atom. The van der Waals surface area contributed by atoms with Crippen molar-refractivity contribution in [2.24, 2.45) is 5.92 Å². The Labute approximate surface area is 105 Å². The van der Waals surface area contributed by atoms with E-state index in [9.17, 15) is 4.39 Å². The molecular formula is C12H17FOS2. The quantitative estimate of drug-likeness (QED) is 0.730. The highest BCUT2D eigenvalue weighted by Gasteiger charge is 2.11. The molecule has 0 heterocycles. The Balaban J connectivity index is 2.96. The molecule has 16 heavy (non-hydrogen) atoms. The lowest BCUT2D eigenvalue weighted by atomic mass is 10.2. The summed E-state index contributed by atoms with van der Waals surface area (Å²) in [6.07, 6.45) is 3.85. The Morgan fingerprint density at radius 2 is 1.94 bits per heavy atom. The minimum Gasteiger partial charge on any atom is -0.490 e. The van der Waals surface area contributed by atoms with Crippen LogP contribution in [0.1, 0.15) is 13.8 Å². The monoisotopic (exact) mass is 260 g/mol. The van der Waals surface area contributed by atoms with Crippen molar-refractivity contribution in [3.63, 3.8) is 0 Å². The van der Waals surface area contributed by atoms with Gasteiger partial charge in [-0.1, -0.05) is 13.8 Å². The first-order valence-corrected chi connectivity index (χ1v) is 7.57. The van der Waals surface area contributed by atoms with Gasteiger partial charge in [0, 0.05) is 9.79 Å². The first-order chi connectivity index (χ1) is 7.58. The van der Waals surface area contributed by atoms with Crippen molar-refractivity contribution in [1.29, 1.82) is 0 Å². The molecule has 0 aromatic heterocycles. The zero-order valence-corrected chi connectivity index (χ0v) is 11.7. The lowest BCUT2D eigenvalue weighted by Crippen LogP contribution is -2.06. The second kappa shape index (κ2) is 6.40. The molecule has 0 bridgehead atoms. The predicted octanol–water partition coefficient (Wildman–Crippen LogP) is 4.30. The molecular weight excluding hydrogens is 243 g/mol. The van der Waals surface area contributed by atoms with Crippen LogP contribution in [-0.4, -0.2) is 19.1 Å². The van der Waals surface area contributed by atoms with Gasteiger partial charge in [0.15, 0.2) is 11.6 Å². The average molecular weight is 260 g/mol.